The molecule has 0 amide bonds. The average Bonchev–Trinajstić information content (AvgIpc) is 3.12. The predicted octanol–water partition coefficient (Wildman–Crippen LogP) is 4.15. The van der Waals surface area contributed by atoms with Crippen LogP contribution in [-0.2, 0) is 36.8 Å². The van der Waals surface area contributed by atoms with Crippen LogP contribution in [0.4, 0.5) is 22.7 Å². The van der Waals surface area contributed by atoms with Gasteiger partial charge in [0.05, 0.1) is 9.79 Å². The number of fused-ring (bicyclic) bond motifs is 2. The van der Waals surface area contributed by atoms with Gasteiger partial charge in [0.1, 0.15) is 45.7 Å². The summed E-state index contributed by atoms with van der Waals surface area (Å²) in [4.78, 5) is -0.104. The van der Waals surface area contributed by atoms with Gasteiger partial charge in [-0.25, -0.2) is 26.3 Å². The molecule has 0 fully saturated rings. The summed E-state index contributed by atoms with van der Waals surface area (Å²) in [7, 11) is -4.77. The Balaban J connectivity index is 0.000000270. The minimum Gasteiger partial charge on any atom is -0.506 e. The van der Waals surface area contributed by atoms with Gasteiger partial charge in [-0.2, -0.15) is 0 Å². The number of azo groups is 2. The molecule has 14 nitrogen and oxygen atoms in total. The molecule has 0 spiro atoms. The van der Waals surface area contributed by atoms with Gasteiger partial charge in [0.15, 0.2) is 0 Å². The zero-order valence-electron chi connectivity index (χ0n) is 27.8. The van der Waals surface area contributed by atoms with Crippen molar-refractivity contribution in [3.05, 3.63) is 109 Å². The maximum atomic E-state index is 11.9. The number of hydrogen-bond donors (Lipinski definition) is 6. The average molecular weight is 797 g/mol. The van der Waals surface area contributed by atoms with Gasteiger partial charge in [-0.3, -0.25) is 0 Å². The first kappa shape index (κ1) is 42.0. The number of phenolic OH excluding ortho intramolecular Hbond substituents is 4. The van der Waals surface area contributed by atoms with Crippen molar-refractivity contribution in [2.45, 2.75) is 9.79 Å². The van der Waals surface area contributed by atoms with Crippen molar-refractivity contribution in [2.24, 2.45) is 20.5 Å². The van der Waals surface area contributed by atoms with Crippen molar-refractivity contribution in [1.29, 1.82) is 0 Å². The molecule has 265 valence electrons. The molecular formula is C34H30CoN6NaO8S2+. The van der Waals surface area contributed by atoms with E-state index >= 15 is 0 Å². The number of aromatic hydroxyl groups is 4. The Morgan fingerprint density at radius 2 is 0.827 bits per heavy atom. The fourth-order valence-electron chi connectivity index (χ4n) is 4.64. The molecule has 1 radical (unpaired) electrons. The van der Waals surface area contributed by atoms with E-state index in [2.05, 4.69) is 29.9 Å². The zero-order chi connectivity index (χ0) is 36.1. The van der Waals surface area contributed by atoms with Gasteiger partial charge >= 0.3 is 29.6 Å². The fraction of sp³-hybridized carbons (Fsp3) is 0.0588. The summed E-state index contributed by atoms with van der Waals surface area (Å²) in [6, 6.07) is 28.5. The van der Waals surface area contributed by atoms with Crippen molar-refractivity contribution in [3.8, 4) is 23.0 Å². The Labute approximate surface area is 331 Å². The Bertz CT molecular complexity index is 2350. The van der Waals surface area contributed by atoms with Gasteiger partial charge in [0.25, 0.3) is 0 Å². The summed E-state index contributed by atoms with van der Waals surface area (Å²) in [6.45, 7) is 0. The summed E-state index contributed by atoms with van der Waals surface area (Å²) < 4.78 is 51.8. The van der Waals surface area contributed by atoms with E-state index in [1.807, 2.05) is 24.3 Å². The SMILES string of the molecule is CNS(=O)(=O)c1ccc(O)c(N=Nc2c(O)ccc3ccccc23)c1.CNS(=O)(=O)c1ccc(O)c(N=Nc2c(O)ccc3ccccc23)c1.[Co].[Na+]. The van der Waals surface area contributed by atoms with Crippen molar-refractivity contribution < 1.29 is 83.6 Å². The van der Waals surface area contributed by atoms with Crippen LogP contribution in [0.5, 0.6) is 23.0 Å². The second kappa shape index (κ2) is 17.9. The maximum absolute atomic E-state index is 11.9. The number of hydrogen-bond acceptors (Lipinski definition) is 12. The largest absolute Gasteiger partial charge is 1.00 e. The molecule has 6 N–H and O–H groups in total. The minimum absolute atomic E-state index is 0. The quantitative estimate of drug-likeness (QED) is 0.0968. The van der Waals surface area contributed by atoms with Crippen molar-refractivity contribution in [2.75, 3.05) is 14.1 Å². The molecule has 6 aromatic carbocycles. The van der Waals surface area contributed by atoms with Crippen LogP contribution < -0.4 is 39.0 Å². The molecular weight excluding hydrogens is 766 g/mol. The van der Waals surface area contributed by atoms with Crippen molar-refractivity contribution in [3.63, 3.8) is 0 Å². The number of benzene rings is 6. The van der Waals surface area contributed by atoms with Crippen LogP contribution in [0.1, 0.15) is 0 Å². The molecule has 0 atom stereocenters. The van der Waals surface area contributed by atoms with E-state index in [4.69, 9.17) is 0 Å². The second-order valence-electron chi connectivity index (χ2n) is 10.4. The van der Waals surface area contributed by atoms with Crippen molar-refractivity contribution >= 4 is 64.3 Å². The third-order valence-corrected chi connectivity index (χ3v) is 10.1. The molecule has 0 heterocycles. The number of sulfonamides is 2. The fourth-order valence-corrected chi connectivity index (χ4v) is 6.14. The van der Waals surface area contributed by atoms with E-state index in [0.717, 1.165) is 10.8 Å². The molecule has 6 aromatic rings. The van der Waals surface area contributed by atoms with E-state index in [9.17, 15) is 37.3 Å². The summed E-state index contributed by atoms with van der Waals surface area (Å²) >= 11 is 0. The van der Waals surface area contributed by atoms with E-state index in [-0.39, 0.29) is 102 Å². The van der Waals surface area contributed by atoms with Gasteiger partial charge in [0, 0.05) is 27.6 Å². The normalized spacial score (nSPS) is 11.6. The van der Waals surface area contributed by atoms with Crippen LogP contribution in [0, 0.1) is 0 Å². The third-order valence-electron chi connectivity index (χ3n) is 7.33. The standard InChI is InChI=1S/2C17H15N3O4S.Co.Na/c2*1-18-25(23,24)12-7-9-15(21)14(10-12)19-20-17-13-5-3-2-4-11(13)6-8-16(17)22;;/h2*2-10,18,21-22H,1H3;;/q;;;+1. The molecule has 0 aromatic heterocycles. The van der Waals surface area contributed by atoms with Crippen LogP contribution >= 0.6 is 0 Å². The summed E-state index contributed by atoms with van der Waals surface area (Å²) in [6.07, 6.45) is 0. The number of nitrogens with one attached hydrogen (secondary N) is 2. The van der Waals surface area contributed by atoms with Crippen molar-refractivity contribution in [1.82, 2.24) is 9.44 Å². The summed E-state index contributed by atoms with van der Waals surface area (Å²) in [5.41, 5.74) is 0.422. The maximum Gasteiger partial charge on any atom is 1.00 e. The first-order valence-corrected chi connectivity index (χ1v) is 17.6. The molecule has 0 saturated heterocycles. The number of rotatable bonds is 8. The van der Waals surface area contributed by atoms with Crippen LogP contribution in [0.3, 0.4) is 0 Å². The van der Waals surface area contributed by atoms with E-state index in [1.54, 1.807) is 36.4 Å². The van der Waals surface area contributed by atoms with Crippen LogP contribution in [0.2, 0.25) is 0 Å². The van der Waals surface area contributed by atoms with Gasteiger partial charge in [-0.05, 0) is 73.4 Å². The van der Waals surface area contributed by atoms with Crippen LogP contribution in [0.15, 0.2) is 139 Å². The predicted molar refractivity (Wildman–Crippen MR) is 188 cm³/mol. The summed E-state index contributed by atoms with van der Waals surface area (Å²) in [5.74, 6) is -0.584. The third kappa shape index (κ3) is 9.51. The van der Waals surface area contributed by atoms with Gasteiger partial charge in [-0.1, -0.05) is 60.7 Å². The van der Waals surface area contributed by atoms with Gasteiger partial charge in [-0.15, -0.1) is 20.5 Å². The molecule has 0 unspecified atom stereocenters. The molecule has 0 saturated carbocycles. The monoisotopic (exact) mass is 796 g/mol. The second-order valence-corrected chi connectivity index (χ2v) is 14.2. The first-order valence-electron chi connectivity index (χ1n) is 14.6. The first-order chi connectivity index (χ1) is 23.8. The Hall–Kier alpha value is -4.43. The Morgan fingerprint density at radius 1 is 0.481 bits per heavy atom. The van der Waals surface area contributed by atoms with Crippen LogP contribution in [-0.4, -0.2) is 51.4 Å². The zero-order valence-corrected chi connectivity index (χ0v) is 32.4. The number of phenols is 4. The molecule has 0 aliphatic heterocycles. The smallest absolute Gasteiger partial charge is 0.506 e. The van der Waals surface area contributed by atoms with E-state index in [0.29, 0.717) is 10.8 Å². The number of nitrogens with zero attached hydrogens (tertiary/aromatic N) is 4. The molecule has 0 aliphatic rings. The van der Waals surface area contributed by atoms with E-state index < -0.39 is 20.0 Å². The molecule has 52 heavy (non-hydrogen) atoms. The molecule has 6 rings (SSSR count). The van der Waals surface area contributed by atoms with Crippen LogP contribution in [0.25, 0.3) is 21.5 Å². The molecule has 18 heteroatoms. The molecule has 0 bridgehead atoms. The Morgan fingerprint density at radius 3 is 1.19 bits per heavy atom. The summed E-state index contributed by atoms with van der Waals surface area (Å²) in [5, 5.41) is 58.9. The van der Waals surface area contributed by atoms with E-state index in [1.165, 1.54) is 62.6 Å². The molecule has 0 aliphatic carbocycles. The Kier molecular flexibility index (Phi) is 14.4. The van der Waals surface area contributed by atoms with Gasteiger partial charge < -0.3 is 20.4 Å². The minimum atomic E-state index is -3.68. The topological polar surface area (TPSA) is 223 Å². The van der Waals surface area contributed by atoms with Gasteiger partial charge in [0.2, 0.25) is 20.0 Å².